The van der Waals surface area contributed by atoms with Gasteiger partial charge in [0, 0.05) is 19.2 Å². The average Bonchev–Trinajstić information content (AvgIpc) is 2.72. The minimum absolute atomic E-state index is 0.0577. The Hall–Kier alpha value is -1.47. The fourth-order valence-corrected chi connectivity index (χ4v) is 2.28. The molecule has 0 atom stereocenters. The maximum atomic E-state index is 12.1. The smallest absolute Gasteiger partial charge is 0.324 e. The van der Waals surface area contributed by atoms with Gasteiger partial charge in [-0.05, 0) is 26.8 Å². The molecule has 18 heavy (non-hydrogen) atoms. The lowest BCUT2D eigenvalue weighted by atomic mass is 10.1. The molecule has 1 heterocycles. The lowest BCUT2D eigenvalue weighted by Gasteiger charge is -2.27. The fourth-order valence-electron chi connectivity index (χ4n) is 1.49. The summed E-state index contributed by atoms with van der Waals surface area (Å²) in [5.74, 6) is -0.294. The molecular formula is C11H16N2O4S. The minimum Gasteiger partial charge on any atom is -0.389 e. The highest BCUT2D eigenvalue weighted by Crippen LogP contribution is 2.25. The molecule has 6 nitrogen and oxygen atoms in total. The van der Waals surface area contributed by atoms with Gasteiger partial charge in [0.1, 0.15) is 0 Å². The van der Waals surface area contributed by atoms with Crippen LogP contribution in [0.2, 0.25) is 0 Å². The Morgan fingerprint density at radius 3 is 2.56 bits per heavy atom. The van der Waals surface area contributed by atoms with Crippen LogP contribution in [0.25, 0.3) is 0 Å². The molecule has 1 N–H and O–H groups in total. The predicted octanol–water partition coefficient (Wildman–Crippen LogP) is 1.89. The van der Waals surface area contributed by atoms with Crippen molar-refractivity contribution in [2.75, 3.05) is 13.1 Å². The number of rotatable bonds is 5. The van der Waals surface area contributed by atoms with Gasteiger partial charge in [-0.1, -0.05) is 11.3 Å². The molecule has 0 fully saturated rings. The highest BCUT2D eigenvalue weighted by molar-refractivity contribution is 7.17. The molecule has 0 spiro atoms. The molecule has 0 aliphatic carbocycles. The number of nitrogens with zero attached hydrogens (tertiary/aromatic N) is 2. The Morgan fingerprint density at radius 1 is 1.56 bits per heavy atom. The van der Waals surface area contributed by atoms with Crippen LogP contribution in [-0.4, -0.2) is 39.5 Å². The van der Waals surface area contributed by atoms with Crippen molar-refractivity contribution in [1.82, 2.24) is 4.90 Å². The normalized spacial score (nSPS) is 11.3. The van der Waals surface area contributed by atoms with Crippen LogP contribution < -0.4 is 0 Å². The Labute approximate surface area is 109 Å². The van der Waals surface area contributed by atoms with E-state index in [0.717, 1.165) is 11.3 Å². The SMILES string of the molecule is CCN(CC(C)(C)O)C(=O)c1ccc([N+](=O)[O-])s1. The van der Waals surface area contributed by atoms with Gasteiger partial charge < -0.3 is 10.0 Å². The highest BCUT2D eigenvalue weighted by Gasteiger charge is 2.24. The lowest BCUT2D eigenvalue weighted by Crippen LogP contribution is -2.41. The third-order valence-corrected chi connectivity index (χ3v) is 3.25. The number of likely N-dealkylation sites (N-methyl/N-ethyl adjacent to an activating group) is 1. The number of carbonyl (C=O) groups excluding carboxylic acids is 1. The zero-order valence-electron chi connectivity index (χ0n) is 10.5. The lowest BCUT2D eigenvalue weighted by molar-refractivity contribution is -0.380. The number of carbonyl (C=O) groups is 1. The van der Waals surface area contributed by atoms with E-state index in [1.807, 2.05) is 0 Å². The Balaban J connectivity index is 2.86. The summed E-state index contributed by atoms with van der Waals surface area (Å²) in [4.78, 5) is 23.9. The average molecular weight is 272 g/mol. The molecule has 0 aliphatic heterocycles. The molecule has 7 heteroatoms. The van der Waals surface area contributed by atoms with Crippen molar-refractivity contribution < 1.29 is 14.8 Å². The van der Waals surface area contributed by atoms with E-state index >= 15 is 0 Å². The van der Waals surface area contributed by atoms with Crippen LogP contribution in [0.3, 0.4) is 0 Å². The molecule has 0 unspecified atom stereocenters. The first-order valence-corrected chi connectivity index (χ1v) is 6.32. The van der Waals surface area contributed by atoms with E-state index in [2.05, 4.69) is 0 Å². The van der Waals surface area contributed by atoms with Crippen molar-refractivity contribution in [3.63, 3.8) is 0 Å². The largest absolute Gasteiger partial charge is 0.389 e. The number of hydrogen-bond donors (Lipinski definition) is 1. The molecule has 0 bridgehead atoms. The molecule has 0 aromatic carbocycles. The van der Waals surface area contributed by atoms with Gasteiger partial charge in [-0.25, -0.2) is 0 Å². The second-order valence-corrected chi connectivity index (χ2v) is 5.59. The van der Waals surface area contributed by atoms with E-state index < -0.39 is 10.5 Å². The quantitative estimate of drug-likeness (QED) is 0.655. The van der Waals surface area contributed by atoms with E-state index in [1.165, 1.54) is 17.0 Å². The first-order chi connectivity index (χ1) is 8.24. The molecule has 0 saturated carbocycles. The summed E-state index contributed by atoms with van der Waals surface area (Å²) in [5.41, 5.74) is -0.991. The Bertz CT molecular complexity index is 450. The number of amides is 1. The first-order valence-electron chi connectivity index (χ1n) is 5.50. The highest BCUT2D eigenvalue weighted by atomic mass is 32.1. The van der Waals surface area contributed by atoms with E-state index in [1.54, 1.807) is 20.8 Å². The maximum Gasteiger partial charge on any atom is 0.324 e. The topological polar surface area (TPSA) is 83.7 Å². The van der Waals surface area contributed by atoms with Gasteiger partial charge in [-0.3, -0.25) is 14.9 Å². The van der Waals surface area contributed by atoms with Crippen molar-refractivity contribution >= 4 is 22.2 Å². The molecule has 1 aromatic rings. The van der Waals surface area contributed by atoms with E-state index in [4.69, 9.17) is 0 Å². The maximum absolute atomic E-state index is 12.1. The molecular weight excluding hydrogens is 256 g/mol. The van der Waals surface area contributed by atoms with Gasteiger partial charge in [0.05, 0.1) is 15.4 Å². The summed E-state index contributed by atoms with van der Waals surface area (Å²) in [7, 11) is 0. The monoisotopic (exact) mass is 272 g/mol. The van der Waals surface area contributed by atoms with Crippen LogP contribution in [0.15, 0.2) is 12.1 Å². The van der Waals surface area contributed by atoms with Crippen LogP contribution >= 0.6 is 11.3 Å². The molecule has 0 aliphatic rings. The molecule has 100 valence electrons. The second kappa shape index (κ2) is 5.45. The summed E-state index contributed by atoms with van der Waals surface area (Å²) >= 11 is 0.847. The zero-order chi connectivity index (χ0) is 13.9. The van der Waals surface area contributed by atoms with Gasteiger partial charge in [0.2, 0.25) is 0 Å². The number of thiophene rings is 1. The number of hydrogen-bond acceptors (Lipinski definition) is 5. The van der Waals surface area contributed by atoms with Crippen molar-refractivity contribution in [2.45, 2.75) is 26.4 Å². The van der Waals surface area contributed by atoms with E-state index in [0.29, 0.717) is 11.4 Å². The second-order valence-electron chi connectivity index (χ2n) is 4.53. The molecule has 1 amide bonds. The molecule has 0 radical (unpaired) electrons. The van der Waals surface area contributed by atoms with E-state index in [-0.39, 0.29) is 17.5 Å². The number of nitro groups is 1. The Kier molecular flexibility index (Phi) is 4.42. The van der Waals surface area contributed by atoms with Crippen LogP contribution in [0, 0.1) is 10.1 Å². The van der Waals surface area contributed by atoms with Gasteiger partial charge in [0.25, 0.3) is 5.91 Å². The van der Waals surface area contributed by atoms with Crippen LogP contribution in [0.1, 0.15) is 30.4 Å². The minimum atomic E-state index is -0.991. The third-order valence-electron chi connectivity index (χ3n) is 2.23. The zero-order valence-corrected chi connectivity index (χ0v) is 11.4. The predicted molar refractivity (Wildman–Crippen MR) is 68.8 cm³/mol. The summed E-state index contributed by atoms with van der Waals surface area (Å²) in [6, 6.07) is 2.76. The standard InChI is InChI=1S/C11H16N2O4S/c1-4-12(7-11(2,3)15)10(14)8-5-6-9(18-8)13(16)17/h5-6,15H,4,7H2,1-3H3. The molecule has 0 saturated heterocycles. The van der Waals surface area contributed by atoms with Gasteiger partial charge in [-0.2, -0.15) is 0 Å². The van der Waals surface area contributed by atoms with Crippen molar-refractivity contribution in [1.29, 1.82) is 0 Å². The summed E-state index contributed by atoms with van der Waals surface area (Å²) < 4.78 is 0. The fraction of sp³-hybridized carbons (Fsp3) is 0.545. The Morgan fingerprint density at radius 2 is 2.17 bits per heavy atom. The van der Waals surface area contributed by atoms with Gasteiger partial charge >= 0.3 is 5.00 Å². The van der Waals surface area contributed by atoms with Crippen molar-refractivity contribution in [3.05, 3.63) is 27.1 Å². The van der Waals surface area contributed by atoms with Crippen molar-refractivity contribution in [3.8, 4) is 0 Å². The van der Waals surface area contributed by atoms with Gasteiger partial charge in [-0.15, -0.1) is 0 Å². The first kappa shape index (κ1) is 14.6. The summed E-state index contributed by atoms with van der Waals surface area (Å²) in [6.45, 7) is 5.65. The summed E-state index contributed by atoms with van der Waals surface area (Å²) in [5, 5.41) is 20.2. The summed E-state index contributed by atoms with van der Waals surface area (Å²) in [6.07, 6.45) is 0. The third kappa shape index (κ3) is 3.78. The molecule has 1 aromatic heterocycles. The van der Waals surface area contributed by atoms with E-state index in [9.17, 15) is 20.0 Å². The van der Waals surface area contributed by atoms with Crippen LogP contribution in [-0.2, 0) is 0 Å². The van der Waals surface area contributed by atoms with Crippen LogP contribution in [0.5, 0.6) is 0 Å². The molecule has 1 rings (SSSR count). The number of aliphatic hydroxyl groups is 1. The van der Waals surface area contributed by atoms with Gasteiger partial charge in [0.15, 0.2) is 0 Å². The van der Waals surface area contributed by atoms with Crippen LogP contribution in [0.4, 0.5) is 5.00 Å². The van der Waals surface area contributed by atoms with Crippen molar-refractivity contribution in [2.24, 2.45) is 0 Å².